The lowest BCUT2D eigenvalue weighted by Gasteiger charge is -2.49. The summed E-state index contributed by atoms with van der Waals surface area (Å²) >= 11 is 0. The zero-order valence-corrected chi connectivity index (χ0v) is 32.9. The van der Waals surface area contributed by atoms with E-state index in [0.717, 1.165) is 0 Å². The Morgan fingerprint density at radius 1 is 0.882 bits per heavy atom. The number of ether oxygens (including phenoxy) is 6. The number of carbonyl (C=O) groups is 2. The van der Waals surface area contributed by atoms with Gasteiger partial charge in [0.2, 0.25) is 0 Å². The number of esters is 1. The van der Waals surface area contributed by atoms with Crippen LogP contribution in [-0.2, 0) is 38.0 Å². The van der Waals surface area contributed by atoms with E-state index in [1.54, 1.807) is 41.5 Å². The molecule has 0 aromatic heterocycles. The fraction of sp³-hybridized carbons (Fsp3) is 0.946. The van der Waals surface area contributed by atoms with Gasteiger partial charge in [0.25, 0.3) is 0 Å². The maximum absolute atomic E-state index is 14.1. The predicted molar refractivity (Wildman–Crippen MR) is 186 cm³/mol. The molecule has 0 spiro atoms. The summed E-state index contributed by atoms with van der Waals surface area (Å²) in [5.74, 6) is -4.98. The zero-order valence-electron chi connectivity index (χ0n) is 32.9. The van der Waals surface area contributed by atoms with Crippen molar-refractivity contribution in [1.29, 1.82) is 0 Å². The van der Waals surface area contributed by atoms with Crippen LogP contribution in [0.1, 0.15) is 94.9 Å². The highest BCUT2D eigenvalue weighted by molar-refractivity contribution is 5.83. The summed E-state index contributed by atoms with van der Waals surface area (Å²) in [4.78, 5) is 29.8. The first-order valence-corrected chi connectivity index (χ1v) is 18.5. The minimum absolute atomic E-state index is 0.0936. The number of hydrogen-bond donors (Lipinski definition) is 5. The summed E-state index contributed by atoms with van der Waals surface area (Å²) in [6, 6.07) is -0.324. The number of likely N-dealkylation sites (N-methyl/N-ethyl adjacent to an activating group) is 1. The van der Waals surface area contributed by atoms with Crippen LogP contribution in [0.2, 0.25) is 0 Å². The van der Waals surface area contributed by atoms with Crippen molar-refractivity contribution >= 4 is 11.8 Å². The van der Waals surface area contributed by atoms with E-state index in [4.69, 9.17) is 28.4 Å². The largest absolute Gasteiger partial charge is 0.459 e. The average Bonchev–Trinajstić information content (AvgIpc) is 3.05. The minimum atomic E-state index is -1.99. The molecule has 51 heavy (non-hydrogen) atoms. The van der Waals surface area contributed by atoms with Crippen LogP contribution in [0.5, 0.6) is 0 Å². The number of nitrogens with zero attached hydrogens (tertiary/aromatic N) is 1. The molecule has 0 aromatic carbocycles. The number of methoxy groups -OCH3 is 1. The standard InChI is InChI=1S/C37H67NO13/c1-14-25-37(10,45)30(41)20(4)27(39)18(2)16-35(8,44)32(51-34-28(40)24(38(11)12)15-19(3)47-34)21(5)29(22(6)33(43)49-25)50-26-17-36(9,46-13)31(42)23(7)48-26/h18-26,28-32,34,40-42,44-45H,14-17H2,1-13H3/t18-,19-,20+,21+,22-,23+,24+,25-,26?,28-,29+,30-,31+,32-,34?,35-,36-,37-/m1/s1. The van der Waals surface area contributed by atoms with E-state index in [2.05, 4.69) is 0 Å². The summed E-state index contributed by atoms with van der Waals surface area (Å²) in [5.41, 5.74) is -4.84. The number of cyclic esters (lactones) is 1. The van der Waals surface area contributed by atoms with Gasteiger partial charge in [-0.15, -0.1) is 0 Å². The Morgan fingerprint density at radius 3 is 2.04 bits per heavy atom. The summed E-state index contributed by atoms with van der Waals surface area (Å²) in [7, 11) is 5.18. The maximum atomic E-state index is 14.1. The van der Waals surface area contributed by atoms with E-state index in [1.807, 2.05) is 25.9 Å². The van der Waals surface area contributed by atoms with Gasteiger partial charge in [0, 0.05) is 37.3 Å². The predicted octanol–water partition coefficient (Wildman–Crippen LogP) is 1.79. The van der Waals surface area contributed by atoms with Crippen LogP contribution in [-0.4, -0.2) is 148 Å². The van der Waals surface area contributed by atoms with Gasteiger partial charge in [0.1, 0.15) is 29.7 Å². The molecule has 18 atom stereocenters. The van der Waals surface area contributed by atoms with Crippen molar-refractivity contribution in [3.8, 4) is 0 Å². The number of carbonyl (C=O) groups excluding carboxylic acids is 2. The first kappa shape index (κ1) is 44.1. The Bertz CT molecular complexity index is 1170. The molecule has 3 rings (SSSR count). The Hall–Kier alpha value is -1.30. The second-order valence-electron chi connectivity index (χ2n) is 16.5. The molecule has 3 saturated heterocycles. The smallest absolute Gasteiger partial charge is 0.311 e. The summed E-state index contributed by atoms with van der Waals surface area (Å²) in [6.45, 7) is 16.3. The lowest BCUT2D eigenvalue weighted by atomic mass is 9.74. The zero-order chi connectivity index (χ0) is 39.0. The first-order valence-electron chi connectivity index (χ1n) is 18.5. The van der Waals surface area contributed by atoms with Gasteiger partial charge in [0.15, 0.2) is 12.6 Å². The van der Waals surface area contributed by atoms with Crippen LogP contribution >= 0.6 is 0 Å². The first-order chi connectivity index (χ1) is 23.4. The van der Waals surface area contributed by atoms with Crippen molar-refractivity contribution < 1.29 is 63.5 Å². The van der Waals surface area contributed by atoms with Gasteiger partial charge in [-0.3, -0.25) is 9.59 Å². The summed E-state index contributed by atoms with van der Waals surface area (Å²) in [6.07, 6.45) is -9.71. The lowest BCUT2D eigenvalue weighted by molar-refractivity contribution is -0.318. The number of rotatable bonds is 7. The Labute approximate surface area is 304 Å². The highest BCUT2D eigenvalue weighted by Crippen LogP contribution is 2.40. The van der Waals surface area contributed by atoms with E-state index >= 15 is 0 Å². The number of aliphatic hydroxyl groups excluding tert-OH is 3. The van der Waals surface area contributed by atoms with Crippen molar-refractivity contribution in [3.05, 3.63) is 0 Å². The Balaban J connectivity index is 2.18. The van der Waals surface area contributed by atoms with Crippen LogP contribution in [0.15, 0.2) is 0 Å². The maximum Gasteiger partial charge on any atom is 0.311 e. The van der Waals surface area contributed by atoms with Crippen molar-refractivity contribution in [3.63, 3.8) is 0 Å². The number of Topliss-reactive ketones (excluding diaryl/α,β-unsaturated/α-hetero) is 1. The third kappa shape index (κ3) is 9.51. The average molecular weight is 734 g/mol. The van der Waals surface area contributed by atoms with Gasteiger partial charge in [-0.05, 0) is 74.9 Å². The molecule has 14 nitrogen and oxygen atoms in total. The molecule has 0 aliphatic carbocycles. The van der Waals surface area contributed by atoms with Crippen molar-refractivity contribution in [2.45, 2.75) is 179 Å². The molecular formula is C37H67NO13. The molecule has 14 heteroatoms. The normalized spacial score (nSPS) is 49.7. The third-order valence-corrected chi connectivity index (χ3v) is 11.8. The van der Waals surface area contributed by atoms with Gasteiger partial charge in [0.05, 0.1) is 47.6 Å². The molecule has 0 aromatic rings. The lowest BCUT2D eigenvalue weighted by Crippen LogP contribution is -2.61. The van der Waals surface area contributed by atoms with Gasteiger partial charge in [-0.2, -0.15) is 0 Å². The molecule has 3 fully saturated rings. The molecule has 0 radical (unpaired) electrons. The van der Waals surface area contributed by atoms with E-state index in [-0.39, 0.29) is 31.4 Å². The van der Waals surface area contributed by atoms with Crippen molar-refractivity contribution in [1.82, 2.24) is 4.90 Å². The molecular weight excluding hydrogens is 666 g/mol. The second-order valence-corrected chi connectivity index (χ2v) is 16.5. The molecule has 0 bridgehead atoms. The van der Waals surface area contributed by atoms with Gasteiger partial charge < -0.3 is 58.9 Å². The number of hydrogen-bond acceptors (Lipinski definition) is 14. The topological polar surface area (TPSA) is 194 Å². The molecule has 2 unspecified atom stereocenters. The highest BCUT2D eigenvalue weighted by atomic mass is 16.7. The Morgan fingerprint density at radius 2 is 1.49 bits per heavy atom. The number of ketones is 1. The van der Waals surface area contributed by atoms with Gasteiger partial charge in [-0.1, -0.05) is 27.7 Å². The summed E-state index contributed by atoms with van der Waals surface area (Å²) < 4.78 is 37.1. The van der Waals surface area contributed by atoms with Crippen LogP contribution < -0.4 is 0 Å². The van der Waals surface area contributed by atoms with E-state index in [1.165, 1.54) is 27.9 Å². The molecule has 0 amide bonds. The molecule has 3 heterocycles. The van der Waals surface area contributed by atoms with E-state index < -0.39 is 108 Å². The van der Waals surface area contributed by atoms with Crippen molar-refractivity contribution in [2.75, 3.05) is 21.2 Å². The third-order valence-electron chi connectivity index (χ3n) is 11.8. The van der Waals surface area contributed by atoms with E-state index in [0.29, 0.717) is 6.42 Å². The van der Waals surface area contributed by atoms with Crippen LogP contribution in [0.25, 0.3) is 0 Å². The van der Waals surface area contributed by atoms with Crippen LogP contribution in [0, 0.1) is 23.7 Å². The second kappa shape index (κ2) is 17.0. The van der Waals surface area contributed by atoms with Crippen molar-refractivity contribution in [2.24, 2.45) is 23.7 Å². The number of aliphatic hydroxyl groups is 5. The van der Waals surface area contributed by atoms with Crippen LogP contribution in [0.4, 0.5) is 0 Å². The summed E-state index contributed by atoms with van der Waals surface area (Å²) in [5, 5.41) is 57.6. The fourth-order valence-corrected chi connectivity index (χ4v) is 8.41. The SMILES string of the molecule is CC[C@H]1OC(=O)[C@H](C)[C@@H](OC2C[C@@](C)(OC)[C@@H](O)[C@H](C)O2)[C@H](C)[C@@H](OC2O[C@H](C)C[C@H](N(C)C)[C@H]2O)[C@](C)(O)C[C@@H](C)C(=O)[C@H](C)[C@@H](O)[C@]1(C)O. The monoisotopic (exact) mass is 733 g/mol. The molecule has 298 valence electrons. The quantitative estimate of drug-likeness (QED) is 0.238. The highest BCUT2D eigenvalue weighted by Gasteiger charge is 2.53. The minimum Gasteiger partial charge on any atom is -0.459 e. The molecule has 0 saturated carbocycles. The Kier molecular flexibility index (Phi) is 14.7. The molecule has 5 N–H and O–H groups in total. The van der Waals surface area contributed by atoms with E-state index in [9.17, 15) is 35.1 Å². The molecule has 3 aliphatic rings. The van der Waals surface area contributed by atoms with Crippen LogP contribution in [0.3, 0.4) is 0 Å². The fourth-order valence-electron chi connectivity index (χ4n) is 8.41. The van der Waals surface area contributed by atoms with Gasteiger partial charge >= 0.3 is 5.97 Å². The molecule has 3 aliphatic heterocycles. The van der Waals surface area contributed by atoms with Gasteiger partial charge in [-0.25, -0.2) is 0 Å².